The van der Waals surface area contributed by atoms with Crippen LogP contribution in [0.2, 0.25) is 0 Å². The summed E-state index contributed by atoms with van der Waals surface area (Å²) in [6.07, 6.45) is 3.09. The van der Waals surface area contributed by atoms with Gasteiger partial charge in [-0.25, -0.2) is 0 Å². The van der Waals surface area contributed by atoms with E-state index in [4.69, 9.17) is 4.74 Å². The number of halogens is 3. The minimum Gasteiger partial charge on any atom is -0.493 e. The van der Waals surface area contributed by atoms with E-state index in [1.54, 1.807) is 0 Å². The van der Waals surface area contributed by atoms with Gasteiger partial charge in [-0.1, -0.05) is 44.9 Å². The average Bonchev–Trinajstić information content (AvgIpc) is 2.89. The van der Waals surface area contributed by atoms with E-state index in [0.717, 1.165) is 31.7 Å². The number of nitrogens with zero attached hydrogens (tertiary/aromatic N) is 1. The lowest BCUT2D eigenvalue weighted by molar-refractivity contribution is -0.0500. The molecule has 7 nitrogen and oxygen atoms in total. The second-order valence-corrected chi connectivity index (χ2v) is 12.2. The van der Waals surface area contributed by atoms with Crippen LogP contribution in [0.4, 0.5) is 24.5 Å². The minimum absolute atomic E-state index is 0.0232. The molecule has 0 amide bonds. The molecule has 0 aliphatic carbocycles. The molecule has 0 spiro atoms. The molecule has 0 saturated carbocycles. The Kier molecular flexibility index (Phi) is 7.90. The Balaban J connectivity index is 2.26. The van der Waals surface area contributed by atoms with Crippen LogP contribution in [-0.2, 0) is 10.1 Å². The van der Waals surface area contributed by atoms with Gasteiger partial charge in [0.25, 0.3) is 0 Å². The Bertz CT molecular complexity index is 1140. The molecule has 0 radical (unpaired) electrons. The zero-order valence-corrected chi connectivity index (χ0v) is 21.3. The van der Waals surface area contributed by atoms with Crippen molar-refractivity contribution in [2.75, 3.05) is 24.3 Å². The molecule has 1 aliphatic rings. The molecule has 2 aromatic carbocycles. The summed E-state index contributed by atoms with van der Waals surface area (Å²) < 4.78 is 94.6. The van der Waals surface area contributed by atoms with Crippen LogP contribution in [-0.4, -0.2) is 42.4 Å². The molecule has 1 heterocycles. The van der Waals surface area contributed by atoms with Crippen molar-refractivity contribution in [2.24, 2.45) is 5.41 Å². The first-order chi connectivity index (χ1) is 16.3. The van der Waals surface area contributed by atoms with Gasteiger partial charge in [0.05, 0.1) is 17.7 Å². The van der Waals surface area contributed by atoms with Crippen LogP contribution < -0.4 is 13.8 Å². The number of hydrogen-bond donors (Lipinski definition) is 2. The Labute approximate surface area is 205 Å². The van der Waals surface area contributed by atoms with Gasteiger partial charge in [-0.3, -0.25) is 9.11 Å². The number of para-hydroxylation sites is 1. The molecule has 0 bridgehead atoms. The summed E-state index contributed by atoms with van der Waals surface area (Å²) in [6, 6.07) is 11.4. The SMILES string of the molecule is CCCCC1(CC)CN(c2ccccc2)c2cc(OC)c(OS(=O)(=O)C(F)(F)F)cc2S(O)(O)C1. The number of hydrogen-bond acceptors (Lipinski definition) is 7. The number of unbranched alkanes of at least 4 members (excludes halogenated alkanes) is 1. The van der Waals surface area contributed by atoms with E-state index in [1.807, 2.05) is 49.1 Å². The number of fused-ring (bicyclic) bond motifs is 1. The molecule has 3 rings (SSSR count). The van der Waals surface area contributed by atoms with Gasteiger partial charge < -0.3 is 13.8 Å². The van der Waals surface area contributed by atoms with Gasteiger partial charge in [0.2, 0.25) is 0 Å². The van der Waals surface area contributed by atoms with E-state index in [-0.39, 0.29) is 16.4 Å². The zero-order valence-electron chi connectivity index (χ0n) is 19.7. The number of ether oxygens (including phenoxy) is 1. The smallest absolute Gasteiger partial charge is 0.493 e. The molecule has 1 atom stereocenters. The normalized spacial score (nSPS) is 21.1. The predicted octanol–water partition coefficient (Wildman–Crippen LogP) is 6.77. The maximum Gasteiger partial charge on any atom is 0.534 e. The molecule has 12 heteroatoms. The molecule has 0 aromatic heterocycles. The summed E-state index contributed by atoms with van der Waals surface area (Å²) in [4.78, 5) is 1.78. The topological polar surface area (TPSA) is 96.3 Å². The van der Waals surface area contributed by atoms with Crippen molar-refractivity contribution in [3.05, 3.63) is 42.5 Å². The van der Waals surface area contributed by atoms with Crippen LogP contribution in [0.5, 0.6) is 11.5 Å². The van der Waals surface area contributed by atoms with Gasteiger partial charge >= 0.3 is 15.6 Å². The molecule has 35 heavy (non-hydrogen) atoms. The molecule has 1 aliphatic heterocycles. The predicted molar refractivity (Wildman–Crippen MR) is 130 cm³/mol. The van der Waals surface area contributed by atoms with Crippen LogP contribution >= 0.6 is 10.6 Å². The van der Waals surface area contributed by atoms with Gasteiger partial charge in [0, 0.05) is 35.5 Å². The van der Waals surface area contributed by atoms with E-state index < -0.39 is 37.4 Å². The second-order valence-electron chi connectivity index (χ2n) is 8.64. The van der Waals surface area contributed by atoms with Crippen molar-refractivity contribution in [1.29, 1.82) is 0 Å². The summed E-state index contributed by atoms with van der Waals surface area (Å²) in [5, 5.41) is 0. The number of alkyl halides is 3. The molecule has 2 aromatic rings. The van der Waals surface area contributed by atoms with Crippen molar-refractivity contribution in [3.63, 3.8) is 0 Å². The van der Waals surface area contributed by atoms with Crippen LogP contribution in [0.1, 0.15) is 39.5 Å². The number of anilines is 2. The maximum atomic E-state index is 13.0. The van der Waals surface area contributed by atoms with Gasteiger partial charge in [-0.15, -0.1) is 0 Å². The third-order valence-corrected chi connectivity index (χ3v) is 9.26. The highest BCUT2D eigenvalue weighted by atomic mass is 32.3. The lowest BCUT2D eigenvalue weighted by atomic mass is 9.81. The Hall–Kier alpha value is -2.15. The highest BCUT2D eigenvalue weighted by Crippen LogP contribution is 2.62. The van der Waals surface area contributed by atoms with Gasteiger partial charge in [0.1, 0.15) is 0 Å². The Morgan fingerprint density at radius 1 is 1.11 bits per heavy atom. The lowest BCUT2D eigenvalue weighted by Crippen LogP contribution is -2.37. The first-order valence-corrected chi connectivity index (χ1v) is 14.2. The summed E-state index contributed by atoms with van der Waals surface area (Å²) in [5.41, 5.74) is -5.15. The van der Waals surface area contributed by atoms with Crippen LogP contribution in [0.15, 0.2) is 47.4 Å². The highest BCUT2D eigenvalue weighted by molar-refractivity contribution is 8.24. The molecule has 2 N–H and O–H groups in total. The van der Waals surface area contributed by atoms with E-state index in [0.29, 0.717) is 25.1 Å². The van der Waals surface area contributed by atoms with Crippen molar-refractivity contribution in [1.82, 2.24) is 0 Å². The lowest BCUT2D eigenvalue weighted by Gasteiger charge is -2.41. The first-order valence-electron chi connectivity index (χ1n) is 11.1. The molecule has 0 saturated heterocycles. The average molecular weight is 538 g/mol. The Morgan fingerprint density at radius 3 is 2.31 bits per heavy atom. The van der Waals surface area contributed by atoms with Gasteiger partial charge in [-0.05, 0) is 25.0 Å². The number of methoxy groups -OCH3 is 1. The molecule has 0 fully saturated rings. The maximum absolute atomic E-state index is 13.0. The second kappa shape index (κ2) is 10.1. The van der Waals surface area contributed by atoms with Crippen LogP contribution in [0.3, 0.4) is 0 Å². The molecular formula is C23H30F3NO6S2. The quantitative estimate of drug-likeness (QED) is 0.283. The largest absolute Gasteiger partial charge is 0.534 e. The Morgan fingerprint density at radius 2 is 1.77 bits per heavy atom. The summed E-state index contributed by atoms with van der Waals surface area (Å²) in [6.45, 7) is 4.42. The third-order valence-electron chi connectivity index (χ3n) is 6.25. The van der Waals surface area contributed by atoms with Crippen molar-refractivity contribution >= 4 is 32.1 Å². The fraction of sp³-hybridized carbons (Fsp3) is 0.478. The summed E-state index contributed by atoms with van der Waals surface area (Å²) >= 11 is 0. The first kappa shape index (κ1) is 27.4. The van der Waals surface area contributed by atoms with Crippen molar-refractivity contribution in [2.45, 2.75) is 49.9 Å². The molecule has 1 unspecified atom stereocenters. The van der Waals surface area contributed by atoms with Gasteiger partial charge in [-0.2, -0.15) is 32.2 Å². The molecule has 196 valence electrons. The van der Waals surface area contributed by atoms with Crippen molar-refractivity contribution in [3.8, 4) is 11.5 Å². The third kappa shape index (κ3) is 5.65. The van der Waals surface area contributed by atoms with Crippen LogP contribution in [0.25, 0.3) is 0 Å². The minimum atomic E-state index is -6.01. The fourth-order valence-electron chi connectivity index (χ4n) is 4.30. The number of benzene rings is 2. The van der Waals surface area contributed by atoms with E-state index in [2.05, 4.69) is 4.18 Å². The van der Waals surface area contributed by atoms with Crippen molar-refractivity contribution < 1.29 is 39.6 Å². The van der Waals surface area contributed by atoms with Gasteiger partial charge in [0.15, 0.2) is 11.5 Å². The standard InChI is InChI=1S/C23H30F3NO6S2/c1-4-6-12-22(5-2)15-27(17-10-8-7-9-11-17)18-13-19(32-3)20(14-21(18)34(28,29)16-22)33-35(30,31)23(24,25)26/h7-11,13-14,28-29H,4-6,12,15-16H2,1-3H3. The summed E-state index contributed by atoms with van der Waals surface area (Å²) in [7, 11) is -8.41. The molecular weight excluding hydrogens is 507 g/mol. The number of rotatable bonds is 8. The zero-order chi connectivity index (χ0) is 26.1. The summed E-state index contributed by atoms with van der Waals surface area (Å²) in [5.74, 6) is -1.08. The van der Waals surface area contributed by atoms with E-state index >= 15 is 0 Å². The fourth-order valence-corrected chi connectivity index (χ4v) is 7.01. The van der Waals surface area contributed by atoms with E-state index in [9.17, 15) is 30.7 Å². The monoisotopic (exact) mass is 537 g/mol. The van der Waals surface area contributed by atoms with Crippen LogP contribution in [0, 0.1) is 5.41 Å². The highest BCUT2D eigenvalue weighted by Gasteiger charge is 2.49. The van der Waals surface area contributed by atoms with E-state index in [1.165, 1.54) is 6.07 Å².